The first kappa shape index (κ1) is 13.8. The number of hydrogen-bond donors (Lipinski definition) is 0. The zero-order valence-electron chi connectivity index (χ0n) is 8.88. The van der Waals surface area contributed by atoms with Gasteiger partial charge in [-0.1, -0.05) is 6.08 Å². The first-order valence-corrected chi connectivity index (χ1v) is 5.86. The third kappa shape index (κ3) is 2.91. The number of nitrogens with zero attached hydrogens (tertiary/aromatic N) is 2. The molecule has 0 spiro atoms. The van der Waals surface area contributed by atoms with E-state index in [0.29, 0.717) is 0 Å². The Kier molecular flexibility index (Phi) is 3.72. The lowest BCUT2D eigenvalue weighted by Gasteiger charge is -2.28. The van der Waals surface area contributed by atoms with Gasteiger partial charge in [0.15, 0.2) is 0 Å². The van der Waals surface area contributed by atoms with Crippen LogP contribution in [0.3, 0.4) is 0 Å². The van der Waals surface area contributed by atoms with Crippen molar-refractivity contribution in [3.05, 3.63) is 25.1 Å². The van der Waals surface area contributed by atoms with Crippen molar-refractivity contribution in [2.24, 2.45) is 0 Å². The van der Waals surface area contributed by atoms with E-state index in [1.54, 1.807) is 0 Å². The fraction of sp³-hybridized carbons (Fsp3) is 0.500. The summed E-state index contributed by atoms with van der Waals surface area (Å²) in [6.45, 7) is 3.57. The monoisotopic (exact) mass is 272 g/mol. The van der Waals surface area contributed by atoms with Gasteiger partial charge in [-0.2, -0.15) is 21.6 Å². The average Bonchev–Trinajstić information content (AvgIpc) is 2.48. The van der Waals surface area contributed by atoms with Gasteiger partial charge in [-0.15, -0.1) is 6.58 Å². The Labute approximate surface area is 96.9 Å². The summed E-state index contributed by atoms with van der Waals surface area (Å²) in [5, 5.41) is 0. The molecule has 0 fully saturated rings. The molecule has 1 unspecified atom stereocenters. The van der Waals surface area contributed by atoms with Crippen LogP contribution in [0.1, 0.15) is 0 Å². The van der Waals surface area contributed by atoms with Crippen LogP contribution in [0.5, 0.6) is 0 Å². The Hall–Kier alpha value is -1.22. The molecule has 0 bridgehead atoms. The standard InChI is InChI=1S/C8H11F3N2O3S/c1-3-4-13-6-5-12(2)7(13)16-17(14,15)8(9,10)11/h3,5-7H,1,4H2,2H3. The highest BCUT2D eigenvalue weighted by Crippen LogP contribution is 2.28. The molecule has 5 nitrogen and oxygen atoms in total. The highest BCUT2D eigenvalue weighted by Gasteiger charge is 2.50. The van der Waals surface area contributed by atoms with Crippen LogP contribution >= 0.6 is 0 Å². The maximum atomic E-state index is 12.1. The molecule has 0 radical (unpaired) electrons. The molecule has 0 N–H and O–H groups in total. The van der Waals surface area contributed by atoms with Crippen molar-refractivity contribution in [1.82, 2.24) is 9.80 Å². The SMILES string of the molecule is C=CCN1C=CN(C)C1OS(=O)(=O)C(F)(F)F. The van der Waals surface area contributed by atoms with Gasteiger partial charge in [-0.25, -0.2) is 4.18 Å². The molecule has 0 aromatic heterocycles. The van der Waals surface area contributed by atoms with E-state index >= 15 is 0 Å². The Morgan fingerprint density at radius 2 is 2.06 bits per heavy atom. The molecule has 9 heteroatoms. The second kappa shape index (κ2) is 4.57. The maximum Gasteiger partial charge on any atom is 0.523 e. The van der Waals surface area contributed by atoms with E-state index in [9.17, 15) is 21.6 Å². The van der Waals surface area contributed by atoms with Gasteiger partial charge in [0.2, 0.25) is 6.35 Å². The van der Waals surface area contributed by atoms with E-state index in [4.69, 9.17) is 0 Å². The van der Waals surface area contributed by atoms with Crippen molar-refractivity contribution in [2.75, 3.05) is 13.6 Å². The molecule has 17 heavy (non-hydrogen) atoms. The van der Waals surface area contributed by atoms with Gasteiger partial charge in [-0.05, 0) is 0 Å². The summed E-state index contributed by atoms with van der Waals surface area (Å²) >= 11 is 0. The molecular formula is C8H11F3N2O3S. The van der Waals surface area contributed by atoms with Gasteiger partial charge in [-0.3, -0.25) is 0 Å². The first-order valence-electron chi connectivity index (χ1n) is 4.45. The molecule has 1 atom stereocenters. The second-order valence-electron chi connectivity index (χ2n) is 3.27. The van der Waals surface area contributed by atoms with Crippen molar-refractivity contribution in [2.45, 2.75) is 11.9 Å². The van der Waals surface area contributed by atoms with Crippen LogP contribution in [0, 0.1) is 0 Å². The molecule has 0 saturated carbocycles. The summed E-state index contributed by atoms with van der Waals surface area (Å²) < 4.78 is 62.2. The fourth-order valence-electron chi connectivity index (χ4n) is 1.16. The fourth-order valence-corrected chi connectivity index (χ4v) is 1.75. The van der Waals surface area contributed by atoms with Crippen LogP contribution in [-0.2, 0) is 14.3 Å². The summed E-state index contributed by atoms with van der Waals surface area (Å²) in [7, 11) is -4.22. The van der Waals surface area contributed by atoms with E-state index in [1.165, 1.54) is 35.3 Å². The maximum absolute atomic E-state index is 12.1. The minimum Gasteiger partial charge on any atom is -0.336 e. The lowest BCUT2D eigenvalue weighted by atomic mass is 10.5. The number of halogens is 3. The molecule has 0 aliphatic carbocycles. The Balaban J connectivity index is 2.84. The van der Waals surface area contributed by atoms with E-state index < -0.39 is 22.0 Å². The van der Waals surface area contributed by atoms with Crippen molar-refractivity contribution in [1.29, 1.82) is 0 Å². The van der Waals surface area contributed by atoms with E-state index in [-0.39, 0.29) is 6.54 Å². The van der Waals surface area contributed by atoms with Gasteiger partial charge in [0.05, 0.1) is 0 Å². The predicted octanol–water partition coefficient (Wildman–Crippen LogP) is 1.04. The van der Waals surface area contributed by atoms with Crippen LogP contribution in [-0.4, -0.2) is 43.7 Å². The molecule has 0 aromatic rings. The molecule has 1 rings (SSSR count). The lowest BCUT2D eigenvalue weighted by Crippen LogP contribution is -2.43. The van der Waals surface area contributed by atoms with Crippen molar-refractivity contribution in [3.8, 4) is 0 Å². The van der Waals surface area contributed by atoms with Crippen molar-refractivity contribution < 1.29 is 25.8 Å². The Morgan fingerprint density at radius 1 is 1.47 bits per heavy atom. The van der Waals surface area contributed by atoms with E-state index in [0.717, 1.165) is 0 Å². The van der Waals surface area contributed by atoms with Crippen LogP contribution in [0.2, 0.25) is 0 Å². The van der Waals surface area contributed by atoms with Gasteiger partial charge in [0.1, 0.15) is 0 Å². The Morgan fingerprint density at radius 3 is 2.53 bits per heavy atom. The highest BCUT2D eigenvalue weighted by molar-refractivity contribution is 7.87. The van der Waals surface area contributed by atoms with Gasteiger partial charge >= 0.3 is 15.6 Å². The highest BCUT2D eigenvalue weighted by atomic mass is 32.2. The summed E-state index contributed by atoms with van der Waals surface area (Å²) in [6.07, 6.45) is 2.89. The number of hydrogen-bond acceptors (Lipinski definition) is 5. The second-order valence-corrected chi connectivity index (χ2v) is 4.84. The Bertz CT molecular complexity index is 418. The summed E-state index contributed by atoms with van der Waals surface area (Å²) in [4.78, 5) is 2.46. The minimum absolute atomic E-state index is 0.166. The van der Waals surface area contributed by atoms with Gasteiger partial charge in [0.25, 0.3) is 0 Å². The molecule has 0 aromatic carbocycles. The van der Waals surface area contributed by atoms with Crippen LogP contribution in [0.25, 0.3) is 0 Å². The molecule has 1 heterocycles. The summed E-state index contributed by atoms with van der Waals surface area (Å²) in [5.41, 5.74) is -5.43. The molecule has 0 saturated heterocycles. The van der Waals surface area contributed by atoms with Crippen LogP contribution in [0.15, 0.2) is 25.1 Å². The zero-order chi connectivity index (χ0) is 13.3. The smallest absolute Gasteiger partial charge is 0.336 e. The molecule has 0 amide bonds. The first-order chi connectivity index (χ1) is 7.69. The normalized spacial score (nSPS) is 21.1. The van der Waals surface area contributed by atoms with E-state index in [1.807, 2.05) is 0 Å². The minimum atomic E-state index is -5.62. The molecule has 98 valence electrons. The third-order valence-corrected chi connectivity index (χ3v) is 2.95. The van der Waals surface area contributed by atoms with Gasteiger partial charge < -0.3 is 9.80 Å². The lowest BCUT2D eigenvalue weighted by molar-refractivity contribution is -0.0755. The molecule has 1 aliphatic heterocycles. The third-order valence-electron chi connectivity index (χ3n) is 1.96. The molecular weight excluding hydrogens is 261 g/mol. The average molecular weight is 272 g/mol. The topological polar surface area (TPSA) is 49.9 Å². The largest absolute Gasteiger partial charge is 0.523 e. The number of rotatable bonds is 4. The summed E-state index contributed by atoms with van der Waals surface area (Å²) in [6, 6.07) is 0. The van der Waals surface area contributed by atoms with E-state index in [2.05, 4.69) is 10.8 Å². The number of alkyl halides is 3. The van der Waals surface area contributed by atoms with Crippen LogP contribution in [0.4, 0.5) is 13.2 Å². The summed E-state index contributed by atoms with van der Waals surface area (Å²) in [5.74, 6) is 0. The zero-order valence-corrected chi connectivity index (χ0v) is 9.70. The van der Waals surface area contributed by atoms with Gasteiger partial charge in [0, 0.05) is 26.0 Å². The van der Waals surface area contributed by atoms with Crippen molar-refractivity contribution in [3.63, 3.8) is 0 Å². The predicted molar refractivity (Wildman–Crippen MR) is 53.7 cm³/mol. The van der Waals surface area contributed by atoms with Crippen LogP contribution < -0.4 is 0 Å². The van der Waals surface area contributed by atoms with Crippen molar-refractivity contribution >= 4 is 10.1 Å². The quantitative estimate of drug-likeness (QED) is 0.435. The molecule has 1 aliphatic rings.